The molecule has 5 atom stereocenters. The van der Waals surface area contributed by atoms with Crippen LogP contribution in [0.5, 0.6) is 0 Å². The molecule has 0 saturated heterocycles. The minimum atomic E-state index is -0.807. The second-order valence-corrected chi connectivity index (χ2v) is 7.12. The maximum absolute atomic E-state index is 10.5. The molecule has 7 heteroatoms. The van der Waals surface area contributed by atoms with Gasteiger partial charge in [0, 0.05) is 12.6 Å². The summed E-state index contributed by atoms with van der Waals surface area (Å²) in [6.45, 7) is 0. The Bertz CT molecular complexity index is 1070. The number of hydrogen-bond acceptors (Lipinski definition) is 6. The summed E-state index contributed by atoms with van der Waals surface area (Å²) in [6, 6.07) is 9.45. The van der Waals surface area contributed by atoms with E-state index in [0.717, 1.165) is 12.0 Å². The van der Waals surface area contributed by atoms with E-state index in [1.165, 1.54) is 0 Å². The predicted molar refractivity (Wildman–Crippen MR) is 99.9 cm³/mol. The minimum Gasteiger partial charge on any atom is -0.390 e. The van der Waals surface area contributed by atoms with E-state index in [0.29, 0.717) is 22.8 Å². The fourth-order valence-corrected chi connectivity index (χ4v) is 4.11. The summed E-state index contributed by atoms with van der Waals surface area (Å²) >= 11 is 0. The van der Waals surface area contributed by atoms with Gasteiger partial charge in [-0.05, 0) is 36.3 Å². The summed E-state index contributed by atoms with van der Waals surface area (Å²) < 4.78 is 1.87. The molecule has 0 unspecified atom stereocenters. The van der Waals surface area contributed by atoms with Gasteiger partial charge in [0.05, 0.1) is 18.5 Å². The monoisotopic (exact) mass is 361 g/mol. The number of aliphatic hydroxyl groups is 2. The van der Waals surface area contributed by atoms with Crippen LogP contribution in [0.15, 0.2) is 36.7 Å². The third-order valence-electron chi connectivity index (χ3n) is 5.54. The van der Waals surface area contributed by atoms with Gasteiger partial charge in [0.2, 0.25) is 5.82 Å². The zero-order chi connectivity index (χ0) is 18.5. The second kappa shape index (κ2) is 6.05. The standard InChI is InChI=1S/C20H19N5O2/c1-21-19-15-20(24-14(23-19)8-7-11-5-3-2-4-6-11)25(10-22-15)16-12-9-13(12)17(26)18(16)27/h2-6,10,12-13,16-18,26-27H,9H2,1H3,(H,21,23,24)/t12-,13+,16+,17+,18-/m0/s1. The Morgan fingerprint density at radius 1 is 1.07 bits per heavy atom. The molecule has 0 spiro atoms. The van der Waals surface area contributed by atoms with Gasteiger partial charge in [0.1, 0.15) is 6.10 Å². The lowest BCUT2D eigenvalue weighted by Crippen LogP contribution is -2.31. The maximum atomic E-state index is 10.5. The fraction of sp³-hybridized carbons (Fsp3) is 0.350. The van der Waals surface area contributed by atoms with Crippen molar-refractivity contribution in [1.29, 1.82) is 0 Å². The molecule has 5 rings (SSSR count). The van der Waals surface area contributed by atoms with Crippen LogP contribution in [0.25, 0.3) is 11.2 Å². The van der Waals surface area contributed by atoms with E-state index in [9.17, 15) is 10.2 Å². The average molecular weight is 361 g/mol. The van der Waals surface area contributed by atoms with Crippen LogP contribution in [0.3, 0.4) is 0 Å². The van der Waals surface area contributed by atoms with Crippen molar-refractivity contribution >= 4 is 17.0 Å². The van der Waals surface area contributed by atoms with E-state index in [-0.39, 0.29) is 17.9 Å². The molecule has 2 aliphatic rings. The first-order chi connectivity index (χ1) is 13.2. The van der Waals surface area contributed by atoms with Crippen LogP contribution in [-0.4, -0.2) is 49.0 Å². The smallest absolute Gasteiger partial charge is 0.209 e. The van der Waals surface area contributed by atoms with E-state index in [4.69, 9.17) is 0 Å². The molecule has 2 saturated carbocycles. The largest absolute Gasteiger partial charge is 0.390 e. The highest BCUT2D eigenvalue weighted by molar-refractivity contribution is 5.83. The second-order valence-electron chi connectivity index (χ2n) is 7.12. The highest BCUT2D eigenvalue weighted by Crippen LogP contribution is 2.57. The number of anilines is 1. The van der Waals surface area contributed by atoms with Crippen LogP contribution in [0.4, 0.5) is 5.82 Å². The predicted octanol–water partition coefficient (Wildman–Crippen LogP) is 1.18. The van der Waals surface area contributed by atoms with Gasteiger partial charge in [0.25, 0.3) is 0 Å². The summed E-state index contributed by atoms with van der Waals surface area (Å²) in [5, 5.41) is 23.7. The molecule has 2 heterocycles. The Morgan fingerprint density at radius 3 is 2.59 bits per heavy atom. The van der Waals surface area contributed by atoms with E-state index >= 15 is 0 Å². The first-order valence-corrected chi connectivity index (χ1v) is 9.03. The van der Waals surface area contributed by atoms with E-state index in [1.807, 2.05) is 34.9 Å². The number of nitrogens with zero attached hydrogens (tertiary/aromatic N) is 4. The summed E-state index contributed by atoms with van der Waals surface area (Å²) in [5.41, 5.74) is 2.14. The summed E-state index contributed by atoms with van der Waals surface area (Å²) in [6.07, 6.45) is 1.11. The Labute approximate surface area is 156 Å². The van der Waals surface area contributed by atoms with Gasteiger partial charge in [-0.3, -0.25) is 0 Å². The molecule has 1 aromatic carbocycles. The van der Waals surface area contributed by atoms with Crippen LogP contribution < -0.4 is 5.32 Å². The minimum absolute atomic E-state index is 0.172. The lowest BCUT2D eigenvalue weighted by molar-refractivity contribution is 0.00386. The van der Waals surface area contributed by atoms with Crippen molar-refractivity contribution in [3.05, 3.63) is 48.0 Å². The first kappa shape index (κ1) is 16.2. The summed E-state index contributed by atoms with van der Waals surface area (Å²) in [7, 11) is 1.78. The van der Waals surface area contributed by atoms with Crippen molar-refractivity contribution in [1.82, 2.24) is 19.5 Å². The van der Waals surface area contributed by atoms with Crippen molar-refractivity contribution in [2.45, 2.75) is 24.7 Å². The average Bonchev–Trinajstić information content (AvgIpc) is 3.31. The number of nitrogens with one attached hydrogen (secondary N) is 1. The number of fused-ring (bicyclic) bond motifs is 2. The molecule has 2 aromatic heterocycles. The Hall–Kier alpha value is -2.95. The molecule has 3 aromatic rings. The Morgan fingerprint density at radius 2 is 1.89 bits per heavy atom. The molecule has 0 amide bonds. The van der Waals surface area contributed by atoms with Crippen molar-refractivity contribution in [3.63, 3.8) is 0 Å². The number of hydrogen-bond donors (Lipinski definition) is 3. The lowest BCUT2D eigenvalue weighted by atomic mass is 10.1. The van der Waals surface area contributed by atoms with Gasteiger partial charge in [-0.25, -0.2) is 15.0 Å². The van der Waals surface area contributed by atoms with E-state index < -0.39 is 12.2 Å². The molecule has 2 aliphatic carbocycles. The van der Waals surface area contributed by atoms with Gasteiger partial charge < -0.3 is 20.1 Å². The SMILES string of the molecule is CNc1nc(C#Cc2ccccc2)nc2c1ncn2[C@H]1[C@H](O)[C@H](O)[C@@H]2C[C@@H]21. The quantitative estimate of drug-likeness (QED) is 0.593. The van der Waals surface area contributed by atoms with Gasteiger partial charge in [-0.15, -0.1) is 0 Å². The van der Waals surface area contributed by atoms with Crippen LogP contribution in [0, 0.1) is 23.7 Å². The lowest BCUT2D eigenvalue weighted by Gasteiger charge is -2.22. The molecule has 27 heavy (non-hydrogen) atoms. The molecule has 136 valence electrons. The van der Waals surface area contributed by atoms with Gasteiger partial charge >= 0.3 is 0 Å². The Kier molecular flexibility index (Phi) is 3.64. The topological polar surface area (TPSA) is 96.1 Å². The maximum Gasteiger partial charge on any atom is 0.209 e. The van der Waals surface area contributed by atoms with Crippen molar-refractivity contribution in [2.75, 3.05) is 12.4 Å². The molecular formula is C20H19N5O2. The number of aliphatic hydroxyl groups excluding tert-OH is 2. The van der Waals surface area contributed by atoms with Gasteiger partial charge in [-0.2, -0.15) is 0 Å². The van der Waals surface area contributed by atoms with Crippen LogP contribution in [0.1, 0.15) is 23.9 Å². The number of rotatable bonds is 2. The van der Waals surface area contributed by atoms with Crippen molar-refractivity contribution in [3.8, 4) is 11.8 Å². The summed E-state index contributed by atoms with van der Waals surface area (Å²) in [4.78, 5) is 13.5. The van der Waals surface area contributed by atoms with E-state index in [1.54, 1.807) is 13.4 Å². The zero-order valence-corrected chi connectivity index (χ0v) is 14.7. The molecule has 7 nitrogen and oxygen atoms in total. The summed E-state index contributed by atoms with van der Waals surface area (Å²) in [5.74, 6) is 7.50. The number of benzene rings is 1. The highest BCUT2D eigenvalue weighted by atomic mass is 16.3. The van der Waals surface area contributed by atoms with Crippen LogP contribution in [0.2, 0.25) is 0 Å². The molecule has 2 fully saturated rings. The third kappa shape index (κ3) is 2.57. The van der Waals surface area contributed by atoms with Crippen molar-refractivity contribution < 1.29 is 10.2 Å². The molecule has 0 aliphatic heterocycles. The number of aromatic nitrogens is 4. The third-order valence-corrected chi connectivity index (χ3v) is 5.54. The number of imidazole rings is 1. The molecule has 3 N–H and O–H groups in total. The van der Waals surface area contributed by atoms with E-state index in [2.05, 4.69) is 32.1 Å². The van der Waals surface area contributed by atoms with Gasteiger partial charge in [0.15, 0.2) is 17.0 Å². The van der Waals surface area contributed by atoms with Crippen LogP contribution in [-0.2, 0) is 0 Å². The highest BCUT2D eigenvalue weighted by Gasteiger charge is 2.60. The van der Waals surface area contributed by atoms with Gasteiger partial charge in [-0.1, -0.05) is 24.1 Å². The Balaban J connectivity index is 1.60. The first-order valence-electron chi connectivity index (χ1n) is 9.03. The normalized spacial score (nSPS) is 28.5. The molecular weight excluding hydrogens is 342 g/mol. The fourth-order valence-electron chi connectivity index (χ4n) is 4.11. The zero-order valence-electron chi connectivity index (χ0n) is 14.7. The molecule has 0 bridgehead atoms. The van der Waals surface area contributed by atoms with Crippen molar-refractivity contribution in [2.24, 2.45) is 11.8 Å². The van der Waals surface area contributed by atoms with Crippen LogP contribution >= 0.6 is 0 Å². The molecule has 0 radical (unpaired) electrons.